The van der Waals surface area contributed by atoms with Crippen LogP contribution in [0.15, 0.2) is 36.4 Å². The van der Waals surface area contributed by atoms with Gasteiger partial charge in [0.25, 0.3) is 0 Å². The van der Waals surface area contributed by atoms with Gasteiger partial charge in [-0.25, -0.2) is 0 Å². The molecule has 0 bridgehead atoms. The van der Waals surface area contributed by atoms with E-state index in [1.165, 1.54) is 11.6 Å². The normalized spacial score (nSPS) is 15.8. The van der Waals surface area contributed by atoms with Gasteiger partial charge in [0.05, 0.1) is 20.8 Å². The zero-order chi connectivity index (χ0) is 18.7. The van der Waals surface area contributed by atoms with E-state index < -0.39 is 0 Å². The molecule has 0 atom stereocenters. The SMILES string of the molecule is O=C(Nc1cc(Cl)c(Cl)cc1Cl)C1CCN(Cc2cccc(Cl)c2)CC1. The van der Waals surface area contributed by atoms with E-state index in [4.69, 9.17) is 46.4 Å². The molecule has 3 rings (SSSR count). The van der Waals surface area contributed by atoms with Crippen LogP contribution in [0.25, 0.3) is 0 Å². The fourth-order valence-electron chi connectivity index (χ4n) is 3.10. The Balaban J connectivity index is 1.54. The molecule has 1 amide bonds. The number of halogens is 4. The first kappa shape index (κ1) is 19.8. The van der Waals surface area contributed by atoms with E-state index in [2.05, 4.69) is 16.3 Å². The van der Waals surface area contributed by atoms with Crippen molar-refractivity contribution in [1.82, 2.24) is 4.90 Å². The predicted molar refractivity (Wildman–Crippen MR) is 110 cm³/mol. The van der Waals surface area contributed by atoms with E-state index in [1.807, 2.05) is 18.2 Å². The first-order valence-electron chi connectivity index (χ1n) is 8.34. The van der Waals surface area contributed by atoms with Gasteiger partial charge in [-0.05, 0) is 55.8 Å². The monoisotopic (exact) mass is 430 g/mol. The van der Waals surface area contributed by atoms with Crippen LogP contribution in [-0.4, -0.2) is 23.9 Å². The van der Waals surface area contributed by atoms with Gasteiger partial charge in [-0.3, -0.25) is 9.69 Å². The largest absolute Gasteiger partial charge is 0.324 e. The predicted octanol–water partition coefficient (Wildman–Crippen LogP) is 6.15. The van der Waals surface area contributed by atoms with Gasteiger partial charge in [0.2, 0.25) is 5.91 Å². The lowest BCUT2D eigenvalue weighted by Crippen LogP contribution is -2.37. The minimum Gasteiger partial charge on any atom is -0.324 e. The molecular formula is C19H18Cl4N2O. The lowest BCUT2D eigenvalue weighted by molar-refractivity contribution is -0.121. The Hall–Kier alpha value is -0.970. The Kier molecular flexibility index (Phi) is 6.70. The maximum absolute atomic E-state index is 12.5. The Labute approximate surface area is 173 Å². The number of nitrogens with one attached hydrogen (secondary N) is 1. The van der Waals surface area contributed by atoms with E-state index in [0.29, 0.717) is 20.8 Å². The first-order valence-corrected chi connectivity index (χ1v) is 9.86. The third-order valence-corrected chi connectivity index (χ3v) is 5.79. The van der Waals surface area contributed by atoms with Gasteiger partial charge < -0.3 is 5.32 Å². The third kappa shape index (κ3) is 5.05. The smallest absolute Gasteiger partial charge is 0.227 e. The molecule has 1 aliphatic heterocycles. The highest BCUT2D eigenvalue weighted by Gasteiger charge is 2.25. The van der Waals surface area contributed by atoms with Gasteiger partial charge >= 0.3 is 0 Å². The van der Waals surface area contributed by atoms with Crippen LogP contribution in [0, 0.1) is 5.92 Å². The summed E-state index contributed by atoms with van der Waals surface area (Å²) in [5.41, 5.74) is 1.68. The van der Waals surface area contributed by atoms with E-state index in [1.54, 1.807) is 6.07 Å². The van der Waals surface area contributed by atoms with E-state index in [-0.39, 0.29) is 11.8 Å². The minimum absolute atomic E-state index is 0.0345. The van der Waals surface area contributed by atoms with Crippen LogP contribution in [0.3, 0.4) is 0 Å². The number of hydrogen-bond acceptors (Lipinski definition) is 2. The number of carbonyl (C=O) groups excluding carboxylic acids is 1. The van der Waals surface area contributed by atoms with Crippen molar-refractivity contribution >= 4 is 58.0 Å². The highest BCUT2D eigenvalue weighted by Crippen LogP contribution is 2.33. The molecule has 26 heavy (non-hydrogen) atoms. The maximum atomic E-state index is 12.5. The lowest BCUT2D eigenvalue weighted by atomic mass is 9.95. The van der Waals surface area contributed by atoms with Crippen LogP contribution in [0.5, 0.6) is 0 Å². The summed E-state index contributed by atoms with van der Waals surface area (Å²) in [7, 11) is 0. The number of amides is 1. The quantitative estimate of drug-likeness (QED) is 0.588. The fraction of sp³-hybridized carbons (Fsp3) is 0.316. The highest BCUT2D eigenvalue weighted by molar-refractivity contribution is 6.44. The number of hydrogen-bond donors (Lipinski definition) is 1. The topological polar surface area (TPSA) is 32.3 Å². The van der Waals surface area contributed by atoms with E-state index in [9.17, 15) is 4.79 Å². The van der Waals surface area contributed by atoms with Gasteiger partial charge in [-0.15, -0.1) is 0 Å². The summed E-state index contributed by atoms with van der Waals surface area (Å²) in [6.45, 7) is 2.56. The molecule has 7 heteroatoms. The summed E-state index contributed by atoms with van der Waals surface area (Å²) in [6, 6.07) is 11.0. The molecule has 0 aliphatic carbocycles. The first-order chi connectivity index (χ1) is 12.4. The van der Waals surface area contributed by atoms with Crippen LogP contribution < -0.4 is 5.32 Å². The van der Waals surface area contributed by atoms with Crippen molar-refractivity contribution < 1.29 is 4.79 Å². The number of carbonyl (C=O) groups is 1. The molecule has 1 heterocycles. The summed E-state index contributed by atoms with van der Waals surface area (Å²) in [5, 5.41) is 4.72. The molecule has 0 saturated carbocycles. The third-order valence-electron chi connectivity index (χ3n) is 4.52. The number of nitrogens with zero attached hydrogens (tertiary/aromatic N) is 1. The van der Waals surface area contributed by atoms with Crippen LogP contribution in [-0.2, 0) is 11.3 Å². The summed E-state index contributed by atoms with van der Waals surface area (Å²) < 4.78 is 0. The molecular weight excluding hydrogens is 414 g/mol. The van der Waals surface area contributed by atoms with Crippen molar-refractivity contribution in [2.24, 2.45) is 5.92 Å². The molecule has 1 N–H and O–H groups in total. The van der Waals surface area contributed by atoms with Gasteiger partial charge in [-0.2, -0.15) is 0 Å². The van der Waals surface area contributed by atoms with Crippen molar-refractivity contribution in [3.05, 3.63) is 62.1 Å². The number of benzene rings is 2. The van der Waals surface area contributed by atoms with Crippen molar-refractivity contribution in [1.29, 1.82) is 0 Å². The molecule has 1 fully saturated rings. The van der Waals surface area contributed by atoms with Crippen LogP contribution in [0.2, 0.25) is 20.1 Å². The summed E-state index contributed by atoms with van der Waals surface area (Å²) >= 11 is 24.1. The Morgan fingerprint density at radius 3 is 2.38 bits per heavy atom. The number of likely N-dealkylation sites (tertiary alicyclic amines) is 1. The van der Waals surface area contributed by atoms with Crippen molar-refractivity contribution in [2.45, 2.75) is 19.4 Å². The summed E-state index contributed by atoms with van der Waals surface area (Å²) in [6.07, 6.45) is 1.59. The number of anilines is 1. The van der Waals surface area contributed by atoms with Crippen LogP contribution >= 0.6 is 46.4 Å². The highest BCUT2D eigenvalue weighted by atomic mass is 35.5. The molecule has 1 saturated heterocycles. The maximum Gasteiger partial charge on any atom is 0.227 e. The van der Waals surface area contributed by atoms with Gasteiger partial charge in [0.1, 0.15) is 0 Å². The zero-order valence-corrected chi connectivity index (χ0v) is 17.0. The fourth-order valence-corrected chi connectivity index (χ4v) is 3.91. The summed E-state index contributed by atoms with van der Waals surface area (Å²) in [5.74, 6) is -0.0798. The second kappa shape index (κ2) is 8.81. The average molecular weight is 432 g/mol. The Morgan fingerprint density at radius 1 is 1.00 bits per heavy atom. The molecule has 0 unspecified atom stereocenters. The molecule has 1 aliphatic rings. The molecule has 0 radical (unpaired) electrons. The molecule has 2 aromatic rings. The Bertz CT molecular complexity index is 804. The van der Waals surface area contributed by atoms with Crippen LogP contribution in [0.1, 0.15) is 18.4 Å². The van der Waals surface area contributed by atoms with E-state index in [0.717, 1.165) is 37.5 Å². The minimum atomic E-state index is -0.0452. The number of rotatable bonds is 4. The van der Waals surface area contributed by atoms with Crippen molar-refractivity contribution in [3.8, 4) is 0 Å². The molecule has 0 aromatic heterocycles. The lowest BCUT2D eigenvalue weighted by Gasteiger charge is -2.31. The van der Waals surface area contributed by atoms with E-state index >= 15 is 0 Å². The van der Waals surface area contributed by atoms with Gasteiger partial charge in [0.15, 0.2) is 0 Å². The number of piperidine rings is 1. The van der Waals surface area contributed by atoms with Crippen molar-refractivity contribution in [2.75, 3.05) is 18.4 Å². The second-order valence-electron chi connectivity index (χ2n) is 6.42. The van der Waals surface area contributed by atoms with Crippen LogP contribution in [0.4, 0.5) is 5.69 Å². The molecule has 0 spiro atoms. The standard InChI is InChI=1S/C19H18Cl4N2O/c20-14-3-1-2-12(8-14)11-25-6-4-13(5-7-25)19(26)24-18-10-16(22)15(21)9-17(18)23/h1-3,8-10,13H,4-7,11H2,(H,24,26). The van der Waals surface area contributed by atoms with Crippen molar-refractivity contribution in [3.63, 3.8) is 0 Å². The Morgan fingerprint density at radius 2 is 1.69 bits per heavy atom. The summed E-state index contributed by atoms with van der Waals surface area (Å²) in [4.78, 5) is 14.9. The van der Waals surface area contributed by atoms with Gasteiger partial charge in [-0.1, -0.05) is 58.5 Å². The molecule has 138 valence electrons. The second-order valence-corrected chi connectivity index (χ2v) is 8.07. The molecule has 2 aromatic carbocycles. The average Bonchev–Trinajstić information content (AvgIpc) is 2.60. The van der Waals surface area contributed by atoms with Gasteiger partial charge in [0, 0.05) is 17.5 Å². The molecule has 3 nitrogen and oxygen atoms in total. The zero-order valence-electron chi connectivity index (χ0n) is 13.9.